The molecule has 1 aliphatic rings. The van der Waals surface area contributed by atoms with E-state index in [-0.39, 0.29) is 0 Å². The van der Waals surface area contributed by atoms with E-state index in [0.29, 0.717) is 12.1 Å². The Kier molecular flexibility index (Phi) is 3.74. The molecule has 0 aromatic heterocycles. The third kappa shape index (κ3) is 2.96. The highest BCUT2D eigenvalue weighted by atomic mass is 15.2. The van der Waals surface area contributed by atoms with Gasteiger partial charge in [-0.1, -0.05) is 20.8 Å². The smallest absolute Gasteiger partial charge is 0.0122 e. The molecular weight excluding hydrogens is 160 g/mol. The molecule has 1 rings (SSSR count). The first-order valence-corrected chi connectivity index (χ1v) is 5.47. The van der Waals surface area contributed by atoms with Crippen LogP contribution in [0, 0.1) is 5.92 Å². The van der Waals surface area contributed by atoms with Crippen molar-refractivity contribution in [3.05, 3.63) is 0 Å². The third-order valence-corrected chi connectivity index (χ3v) is 3.16. The van der Waals surface area contributed by atoms with Gasteiger partial charge in [-0.3, -0.25) is 0 Å². The standard InChI is InChI=1S/C11H24N2/c1-8(2)12-11-6-10(4)13(5)7-9(11)3/h8-12H,6-7H2,1-5H3. The van der Waals surface area contributed by atoms with Crippen LogP contribution in [-0.4, -0.2) is 36.6 Å². The minimum absolute atomic E-state index is 0.614. The van der Waals surface area contributed by atoms with Gasteiger partial charge in [-0.25, -0.2) is 0 Å². The summed E-state index contributed by atoms with van der Waals surface area (Å²) in [5.41, 5.74) is 0. The average Bonchev–Trinajstić information content (AvgIpc) is 1.99. The van der Waals surface area contributed by atoms with Crippen LogP contribution in [0.15, 0.2) is 0 Å². The topological polar surface area (TPSA) is 15.3 Å². The molecule has 1 fully saturated rings. The SMILES string of the molecule is CC(C)NC1CC(C)N(C)CC1C. The summed E-state index contributed by atoms with van der Waals surface area (Å²) in [5.74, 6) is 0.781. The summed E-state index contributed by atoms with van der Waals surface area (Å²) in [4.78, 5) is 2.46. The van der Waals surface area contributed by atoms with Gasteiger partial charge in [-0.2, -0.15) is 0 Å². The minimum atomic E-state index is 0.614. The number of hydrogen-bond donors (Lipinski definition) is 1. The molecule has 2 heteroatoms. The molecule has 1 N–H and O–H groups in total. The number of likely N-dealkylation sites (tertiary alicyclic amines) is 1. The lowest BCUT2D eigenvalue weighted by Gasteiger charge is -2.40. The van der Waals surface area contributed by atoms with Gasteiger partial charge in [0.05, 0.1) is 0 Å². The van der Waals surface area contributed by atoms with E-state index in [2.05, 4.69) is 45.0 Å². The molecule has 78 valence electrons. The van der Waals surface area contributed by atoms with Crippen molar-refractivity contribution >= 4 is 0 Å². The zero-order chi connectivity index (χ0) is 10.0. The second-order valence-corrected chi connectivity index (χ2v) is 4.93. The maximum atomic E-state index is 3.66. The summed E-state index contributed by atoms with van der Waals surface area (Å²) >= 11 is 0. The van der Waals surface area contributed by atoms with Crippen LogP contribution in [0.3, 0.4) is 0 Å². The predicted molar refractivity (Wildman–Crippen MR) is 57.9 cm³/mol. The van der Waals surface area contributed by atoms with Gasteiger partial charge in [0.15, 0.2) is 0 Å². The van der Waals surface area contributed by atoms with E-state index in [9.17, 15) is 0 Å². The molecule has 1 heterocycles. The second kappa shape index (κ2) is 4.43. The normalized spacial score (nSPS) is 36.9. The Bertz CT molecular complexity index is 156. The fraction of sp³-hybridized carbons (Fsp3) is 1.00. The van der Waals surface area contributed by atoms with E-state index in [0.717, 1.165) is 12.0 Å². The number of rotatable bonds is 2. The summed E-state index contributed by atoms with van der Waals surface area (Å²) in [5, 5.41) is 3.66. The molecule has 3 atom stereocenters. The lowest BCUT2D eigenvalue weighted by Crippen LogP contribution is -2.52. The Morgan fingerprint density at radius 1 is 1.31 bits per heavy atom. The van der Waals surface area contributed by atoms with Crippen LogP contribution in [0.5, 0.6) is 0 Å². The van der Waals surface area contributed by atoms with Crippen LogP contribution in [0.25, 0.3) is 0 Å². The third-order valence-electron chi connectivity index (χ3n) is 3.16. The minimum Gasteiger partial charge on any atom is -0.311 e. The summed E-state index contributed by atoms with van der Waals surface area (Å²) in [7, 11) is 2.23. The Morgan fingerprint density at radius 2 is 1.92 bits per heavy atom. The molecule has 13 heavy (non-hydrogen) atoms. The molecule has 0 amide bonds. The monoisotopic (exact) mass is 184 g/mol. The highest BCUT2D eigenvalue weighted by Crippen LogP contribution is 2.20. The van der Waals surface area contributed by atoms with Gasteiger partial charge in [0.2, 0.25) is 0 Å². The van der Waals surface area contributed by atoms with Crippen LogP contribution < -0.4 is 5.32 Å². The van der Waals surface area contributed by atoms with Crippen molar-refractivity contribution in [3.63, 3.8) is 0 Å². The molecule has 0 bridgehead atoms. The van der Waals surface area contributed by atoms with E-state index in [1.807, 2.05) is 0 Å². The summed E-state index contributed by atoms with van der Waals surface area (Å²) in [6.07, 6.45) is 1.29. The average molecular weight is 184 g/mol. The van der Waals surface area contributed by atoms with E-state index in [1.54, 1.807) is 0 Å². The molecular formula is C11H24N2. The van der Waals surface area contributed by atoms with Crippen LogP contribution in [0.2, 0.25) is 0 Å². The van der Waals surface area contributed by atoms with E-state index >= 15 is 0 Å². The molecule has 0 aliphatic carbocycles. The van der Waals surface area contributed by atoms with Gasteiger partial charge in [0, 0.05) is 24.7 Å². The van der Waals surface area contributed by atoms with Crippen LogP contribution in [-0.2, 0) is 0 Å². The van der Waals surface area contributed by atoms with Gasteiger partial charge in [0.1, 0.15) is 0 Å². The number of nitrogens with zero attached hydrogens (tertiary/aromatic N) is 1. The van der Waals surface area contributed by atoms with Gasteiger partial charge < -0.3 is 10.2 Å². The summed E-state index contributed by atoms with van der Waals surface area (Å²) in [6, 6.07) is 2.06. The maximum absolute atomic E-state index is 3.66. The molecule has 0 radical (unpaired) electrons. The van der Waals surface area contributed by atoms with Gasteiger partial charge >= 0.3 is 0 Å². The van der Waals surface area contributed by atoms with Crippen LogP contribution in [0.1, 0.15) is 34.1 Å². The first kappa shape index (κ1) is 11.0. The summed E-state index contributed by atoms with van der Waals surface area (Å²) < 4.78 is 0. The predicted octanol–water partition coefficient (Wildman–Crippen LogP) is 1.71. The molecule has 1 aliphatic heterocycles. The quantitative estimate of drug-likeness (QED) is 0.703. The first-order chi connectivity index (χ1) is 6.00. The first-order valence-electron chi connectivity index (χ1n) is 5.47. The van der Waals surface area contributed by atoms with Crippen molar-refractivity contribution in [2.24, 2.45) is 5.92 Å². The molecule has 0 aromatic rings. The fourth-order valence-corrected chi connectivity index (χ4v) is 2.20. The molecule has 0 saturated carbocycles. The lowest BCUT2D eigenvalue weighted by atomic mass is 9.89. The number of piperidine rings is 1. The Morgan fingerprint density at radius 3 is 2.46 bits per heavy atom. The van der Waals surface area contributed by atoms with Gasteiger partial charge in [0.25, 0.3) is 0 Å². The highest BCUT2D eigenvalue weighted by Gasteiger charge is 2.28. The molecule has 0 spiro atoms. The van der Waals surface area contributed by atoms with Gasteiger partial charge in [-0.05, 0) is 26.3 Å². The summed E-state index contributed by atoms with van der Waals surface area (Å²) in [6.45, 7) is 10.4. The van der Waals surface area contributed by atoms with Crippen molar-refractivity contribution in [2.45, 2.75) is 52.2 Å². The largest absolute Gasteiger partial charge is 0.311 e. The van der Waals surface area contributed by atoms with Crippen molar-refractivity contribution in [3.8, 4) is 0 Å². The number of nitrogens with one attached hydrogen (secondary N) is 1. The van der Waals surface area contributed by atoms with Crippen molar-refractivity contribution in [1.29, 1.82) is 0 Å². The van der Waals surface area contributed by atoms with Gasteiger partial charge in [-0.15, -0.1) is 0 Å². The Hall–Kier alpha value is -0.0800. The van der Waals surface area contributed by atoms with Crippen LogP contribution >= 0.6 is 0 Å². The van der Waals surface area contributed by atoms with E-state index in [1.165, 1.54) is 13.0 Å². The van der Waals surface area contributed by atoms with Crippen molar-refractivity contribution in [2.75, 3.05) is 13.6 Å². The second-order valence-electron chi connectivity index (χ2n) is 4.93. The lowest BCUT2D eigenvalue weighted by molar-refractivity contribution is 0.118. The van der Waals surface area contributed by atoms with Crippen LogP contribution in [0.4, 0.5) is 0 Å². The number of hydrogen-bond acceptors (Lipinski definition) is 2. The van der Waals surface area contributed by atoms with E-state index in [4.69, 9.17) is 0 Å². The Labute approximate surface area is 82.7 Å². The highest BCUT2D eigenvalue weighted by molar-refractivity contribution is 4.86. The Balaban J connectivity index is 2.46. The zero-order valence-corrected chi connectivity index (χ0v) is 9.67. The molecule has 2 nitrogen and oxygen atoms in total. The molecule has 1 saturated heterocycles. The zero-order valence-electron chi connectivity index (χ0n) is 9.67. The van der Waals surface area contributed by atoms with E-state index < -0.39 is 0 Å². The molecule has 0 aromatic carbocycles. The molecule has 3 unspecified atom stereocenters. The maximum Gasteiger partial charge on any atom is 0.0122 e. The van der Waals surface area contributed by atoms with Crippen molar-refractivity contribution < 1.29 is 0 Å². The van der Waals surface area contributed by atoms with Crippen molar-refractivity contribution in [1.82, 2.24) is 10.2 Å². The fourth-order valence-electron chi connectivity index (χ4n) is 2.20.